The largest absolute Gasteiger partial charge is 0.305 e. The zero-order chi connectivity index (χ0) is 11.0. The predicted molar refractivity (Wildman–Crippen MR) is 56.8 cm³/mol. The molecular formula is C11H20N2O. The van der Waals surface area contributed by atoms with Crippen LogP contribution in [0, 0.1) is 17.2 Å². The Kier molecular flexibility index (Phi) is 7.04. The lowest BCUT2D eigenvalue weighted by Crippen LogP contribution is -2.24. The standard InChI is InChI=1S/C11H20N2O/c1-10(8-12)9-13(3)7-5-4-6-11(2)14/h10H,4-7,9H2,1-3H3. The van der Waals surface area contributed by atoms with Gasteiger partial charge in [0.1, 0.15) is 5.78 Å². The second kappa shape index (κ2) is 7.52. The molecule has 0 heterocycles. The van der Waals surface area contributed by atoms with Gasteiger partial charge in [-0.05, 0) is 40.3 Å². The third kappa shape index (κ3) is 7.75. The molecule has 0 radical (unpaired) electrons. The zero-order valence-corrected chi connectivity index (χ0v) is 9.42. The number of ketones is 1. The number of rotatable bonds is 7. The number of nitrogens with zero attached hydrogens (tertiary/aromatic N) is 2. The minimum Gasteiger partial charge on any atom is -0.305 e. The number of unbranched alkanes of at least 4 members (excludes halogenated alkanes) is 1. The summed E-state index contributed by atoms with van der Waals surface area (Å²) in [6.45, 7) is 5.34. The number of carbonyl (C=O) groups is 1. The number of carbonyl (C=O) groups excluding carboxylic acids is 1. The van der Waals surface area contributed by atoms with E-state index < -0.39 is 0 Å². The van der Waals surface area contributed by atoms with Crippen molar-refractivity contribution in [2.75, 3.05) is 20.1 Å². The van der Waals surface area contributed by atoms with Crippen molar-refractivity contribution in [3.63, 3.8) is 0 Å². The predicted octanol–water partition coefficient (Wildman–Crippen LogP) is 1.84. The van der Waals surface area contributed by atoms with E-state index in [9.17, 15) is 4.79 Å². The molecule has 0 aromatic carbocycles. The van der Waals surface area contributed by atoms with Gasteiger partial charge in [-0.2, -0.15) is 5.26 Å². The second-order valence-electron chi connectivity index (χ2n) is 3.95. The molecule has 0 bridgehead atoms. The van der Waals surface area contributed by atoms with E-state index in [0.29, 0.717) is 6.42 Å². The van der Waals surface area contributed by atoms with Gasteiger partial charge in [0.05, 0.1) is 12.0 Å². The van der Waals surface area contributed by atoms with Crippen LogP contribution in [0.25, 0.3) is 0 Å². The summed E-state index contributed by atoms with van der Waals surface area (Å²) in [7, 11) is 2.02. The average molecular weight is 196 g/mol. The fraction of sp³-hybridized carbons (Fsp3) is 0.818. The number of nitriles is 1. The quantitative estimate of drug-likeness (QED) is 0.583. The van der Waals surface area contributed by atoms with Crippen LogP contribution < -0.4 is 0 Å². The van der Waals surface area contributed by atoms with Gasteiger partial charge in [0.2, 0.25) is 0 Å². The molecule has 0 amide bonds. The summed E-state index contributed by atoms with van der Waals surface area (Å²) < 4.78 is 0. The highest BCUT2D eigenvalue weighted by atomic mass is 16.1. The van der Waals surface area contributed by atoms with Crippen LogP contribution >= 0.6 is 0 Å². The lowest BCUT2D eigenvalue weighted by atomic mass is 10.1. The molecule has 0 aliphatic heterocycles. The van der Waals surface area contributed by atoms with Crippen LogP contribution in [0.1, 0.15) is 33.1 Å². The highest BCUT2D eigenvalue weighted by Gasteiger charge is 2.04. The Hall–Kier alpha value is -0.880. The highest BCUT2D eigenvalue weighted by Crippen LogP contribution is 2.01. The lowest BCUT2D eigenvalue weighted by Gasteiger charge is -2.17. The van der Waals surface area contributed by atoms with Gasteiger partial charge < -0.3 is 9.69 Å². The molecule has 3 nitrogen and oxygen atoms in total. The maximum atomic E-state index is 10.7. The van der Waals surface area contributed by atoms with Crippen molar-refractivity contribution in [2.24, 2.45) is 5.92 Å². The Balaban J connectivity index is 3.41. The molecule has 0 rings (SSSR count). The van der Waals surface area contributed by atoms with Crippen molar-refractivity contribution in [3.8, 4) is 6.07 Å². The van der Waals surface area contributed by atoms with E-state index in [-0.39, 0.29) is 11.7 Å². The molecule has 0 aromatic rings. The summed E-state index contributed by atoms with van der Waals surface area (Å²) >= 11 is 0. The highest BCUT2D eigenvalue weighted by molar-refractivity contribution is 5.75. The van der Waals surface area contributed by atoms with Crippen molar-refractivity contribution < 1.29 is 4.79 Å². The molecule has 0 saturated heterocycles. The molecule has 1 unspecified atom stereocenters. The molecule has 14 heavy (non-hydrogen) atoms. The normalized spacial score (nSPS) is 12.5. The molecule has 0 saturated carbocycles. The minimum atomic E-state index is 0.0906. The van der Waals surface area contributed by atoms with Gasteiger partial charge in [-0.1, -0.05) is 0 Å². The van der Waals surface area contributed by atoms with Crippen LogP contribution in [0.4, 0.5) is 0 Å². The van der Waals surface area contributed by atoms with E-state index in [1.165, 1.54) is 0 Å². The summed E-state index contributed by atoms with van der Waals surface area (Å²) in [6, 6.07) is 2.21. The van der Waals surface area contributed by atoms with Gasteiger partial charge in [-0.25, -0.2) is 0 Å². The molecule has 0 fully saturated rings. The Morgan fingerprint density at radius 1 is 1.50 bits per heavy atom. The number of hydrogen-bond donors (Lipinski definition) is 0. The third-order valence-corrected chi connectivity index (χ3v) is 2.12. The van der Waals surface area contributed by atoms with Crippen molar-refractivity contribution >= 4 is 5.78 Å². The van der Waals surface area contributed by atoms with Crippen LogP contribution in [-0.2, 0) is 4.79 Å². The Labute approximate surface area is 86.7 Å². The first-order valence-electron chi connectivity index (χ1n) is 5.14. The minimum absolute atomic E-state index is 0.0906. The van der Waals surface area contributed by atoms with Crippen molar-refractivity contribution in [2.45, 2.75) is 33.1 Å². The van der Waals surface area contributed by atoms with Crippen LogP contribution in [0.5, 0.6) is 0 Å². The third-order valence-electron chi connectivity index (χ3n) is 2.12. The first-order chi connectivity index (χ1) is 6.56. The van der Waals surface area contributed by atoms with E-state index in [4.69, 9.17) is 5.26 Å². The molecule has 0 N–H and O–H groups in total. The first-order valence-corrected chi connectivity index (χ1v) is 5.14. The van der Waals surface area contributed by atoms with Gasteiger partial charge in [-0.15, -0.1) is 0 Å². The molecule has 0 spiro atoms. The summed E-state index contributed by atoms with van der Waals surface area (Å²) in [6.07, 6.45) is 2.68. The van der Waals surface area contributed by atoms with Gasteiger partial charge in [-0.3, -0.25) is 0 Å². The van der Waals surface area contributed by atoms with Crippen molar-refractivity contribution in [3.05, 3.63) is 0 Å². The zero-order valence-electron chi connectivity index (χ0n) is 9.42. The fourth-order valence-electron chi connectivity index (χ4n) is 1.36. The summed E-state index contributed by atoms with van der Waals surface area (Å²) in [4.78, 5) is 12.8. The van der Waals surface area contributed by atoms with E-state index in [1.807, 2.05) is 14.0 Å². The number of hydrogen-bond acceptors (Lipinski definition) is 3. The molecule has 0 aliphatic carbocycles. The van der Waals surface area contributed by atoms with Gasteiger partial charge in [0.15, 0.2) is 0 Å². The van der Waals surface area contributed by atoms with Gasteiger partial charge in [0.25, 0.3) is 0 Å². The smallest absolute Gasteiger partial charge is 0.129 e. The van der Waals surface area contributed by atoms with E-state index in [1.54, 1.807) is 6.92 Å². The Morgan fingerprint density at radius 3 is 2.64 bits per heavy atom. The van der Waals surface area contributed by atoms with Crippen molar-refractivity contribution in [1.29, 1.82) is 5.26 Å². The van der Waals surface area contributed by atoms with Gasteiger partial charge >= 0.3 is 0 Å². The van der Waals surface area contributed by atoms with Crippen LogP contribution in [0.3, 0.4) is 0 Å². The monoisotopic (exact) mass is 196 g/mol. The second-order valence-corrected chi connectivity index (χ2v) is 3.95. The van der Waals surface area contributed by atoms with Crippen molar-refractivity contribution in [1.82, 2.24) is 4.90 Å². The maximum Gasteiger partial charge on any atom is 0.129 e. The molecule has 0 aliphatic rings. The van der Waals surface area contributed by atoms with E-state index >= 15 is 0 Å². The molecule has 3 heteroatoms. The maximum absolute atomic E-state index is 10.7. The van der Waals surface area contributed by atoms with E-state index in [2.05, 4.69) is 11.0 Å². The summed E-state index contributed by atoms with van der Waals surface area (Å²) in [5.41, 5.74) is 0. The Bertz CT molecular complexity index is 208. The lowest BCUT2D eigenvalue weighted by molar-refractivity contribution is -0.117. The number of Topliss-reactive ketones (excluding diaryl/α,β-unsaturated/α-hetero) is 1. The topological polar surface area (TPSA) is 44.1 Å². The SMILES string of the molecule is CC(=O)CCCCN(C)CC(C)C#N. The first kappa shape index (κ1) is 13.1. The van der Waals surface area contributed by atoms with Crippen LogP contribution in [0.2, 0.25) is 0 Å². The van der Waals surface area contributed by atoms with Crippen LogP contribution in [-0.4, -0.2) is 30.8 Å². The molecule has 1 atom stereocenters. The van der Waals surface area contributed by atoms with Crippen LogP contribution in [0.15, 0.2) is 0 Å². The molecular weight excluding hydrogens is 176 g/mol. The fourth-order valence-corrected chi connectivity index (χ4v) is 1.36. The summed E-state index contributed by atoms with van der Waals surface area (Å²) in [5.74, 6) is 0.353. The molecule has 80 valence electrons. The Morgan fingerprint density at radius 2 is 2.14 bits per heavy atom. The average Bonchev–Trinajstić information content (AvgIpc) is 2.12. The molecule has 0 aromatic heterocycles. The summed E-state index contributed by atoms with van der Waals surface area (Å²) in [5, 5.41) is 8.61. The van der Waals surface area contributed by atoms with E-state index in [0.717, 1.165) is 25.9 Å². The van der Waals surface area contributed by atoms with Gasteiger partial charge in [0, 0.05) is 13.0 Å².